The second-order valence-electron chi connectivity index (χ2n) is 4.77. The van der Waals surface area contributed by atoms with Crippen molar-refractivity contribution >= 4 is 17.3 Å². The third-order valence-corrected chi connectivity index (χ3v) is 4.39. The number of methoxy groups -OCH3 is 1. The summed E-state index contributed by atoms with van der Waals surface area (Å²) in [6, 6.07) is 3.62. The van der Waals surface area contributed by atoms with Gasteiger partial charge in [0, 0.05) is 11.9 Å². The van der Waals surface area contributed by atoms with Crippen LogP contribution in [-0.2, 0) is 16.1 Å². The van der Waals surface area contributed by atoms with Gasteiger partial charge in [-0.05, 0) is 31.5 Å². The zero-order valence-corrected chi connectivity index (χ0v) is 12.1. The van der Waals surface area contributed by atoms with Crippen molar-refractivity contribution in [3.8, 4) is 10.8 Å². The number of esters is 1. The molecule has 0 radical (unpaired) electrons. The Labute approximate surface area is 121 Å². The SMILES string of the molecule is COC(=O)C1CCCN1Cc1csc(-c2ccco2)n1. The van der Waals surface area contributed by atoms with Crippen LogP contribution in [0.5, 0.6) is 0 Å². The minimum absolute atomic E-state index is 0.131. The largest absolute Gasteiger partial charge is 0.468 e. The number of hydrogen-bond donors (Lipinski definition) is 0. The van der Waals surface area contributed by atoms with Gasteiger partial charge in [0.05, 0.1) is 19.1 Å². The van der Waals surface area contributed by atoms with Crippen LogP contribution < -0.4 is 0 Å². The Morgan fingerprint density at radius 1 is 1.65 bits per heavy atom. The maximum atomic E-state index is 11.7. The number of aromatic nitrogens is 1. The molecule has 6 heteroatoms. The molecule has 20 heavy (non-hydrogen) atoms. The number of likely N-dealkylation sites (tertiary alicyclic amines) is 1. The average molecular weight is 292 g/mol. The molecule has 2 aromatic rings. The van der Waals surface area contributed by atoms with Gasteiger partial charge in [0.25, 0.3) is 0 Å². The minimum Gasteiger partial charge on any atom is -0.468 e. The van der Waals surface area contributed by atoms with E-state index in [2.05, 4.69) is 9.88 Å². The number of ether oxygens (including phenoxy) is 1. The van der Waals surface area contributed by atoms with Crippen LogP contribution in [0.25, 0.3) is 10.8 Å². The first-order valence-corrected chi connectivity index (χ1v) is 7.46. The lowest BCUT2D eigenvalue weighted by atomic mass is 10.2. The van der Waals surface area contributed by atoms with Gasteiger partial charge in [-0.1, -0.05) is 0 Å². The zero-order valence-electron chi connectivity index (χ0n) is 11.2. The normalized spacial score (nSPS) is 19.4. The minimum atomic E-state index is -0.149. The van der Waals surface area contributed by atoms with E-state index >= 15 is 0 Å². The smallest absolute Gasteiger partial charge is 0.323 e. The van der Waals surface area contributed by atoms with E-state index in [1.807, 2.05) is 17.5 Å². The summed E-state index contributed by atoms with van der Waals surface area (Å²) in [7, 11) is 1.44. The van der Waals surface area contributed by atoms with Gasteiger partial charge in [-0.15, -0.1) is 11.3 Å². The summed E-state index contributed by atoms with van der Waals surface area (Å²) in [6.45, 7) is 1.59. The second kappa shape index (κ2) is 5.76. The van der Waals surface area contributed by atoms with Gasteiger partial charge < -0.3 is 9.15 Å². The fourth-order valence-electron chi connectivity index (χ4n) is 2.52. The Bertz CT molecular complexity index is 579. The first kappa shape index (κ1) is 13.3. The predicted molar refractivity (Wildman–Crippen MR) is 75.3 cm³/mol. The van der Waals surface area contributed by atoms with Crippen molar-refractivity contribution in [1.82, 2.24) is 9.88 Å². The van der Waals surface area contributed by atoms with E-state index in [0.717, 1.165) is 35.8 Å². The van der Waals surface area contributed by atoms with Crippen molar-refractivity contribution in [1.29, 1.82) is 0 Å². The number of carbonyl (C=O) groups is 1. The lowest BCUT2D eigenvalue weighted by molar-refractivity contribution is -0.146. The first-order chi connectivity index (χ1) is 9.78. The van der Waals surface area contributed by atoms with Crippen LogP contribution in [0.3, 0.4) is 0 Å². The molecule has 0 aliphatic carbocycles. The molecule has 0 spiro atoms. The van der Waals surface area contributed by atoms with Crippen LogP contribution >= 0.6 is 11.3 Å². The number of hydrogen-bond acceptors (Lipinski definition) is 6. The highest BCUT2D eigenvalue weighted by atomic mass is 32.1. The highest BCUT2D eigenvalue weighted by Gasteiger charge is 2.31. The maximum Gasteiger partial charge on any atom is 0.323 e. The van der Waals surface area contributed by atoms with Gasteiger partial charge in [0.15, 0.2) is 10.8 Å². The molecule has 0 aromatic carbocycles. The topological polar surface area (TPSA) is 55.6 Å². The highest BCUT2D eigenvalue weighted by Crippen LogP contribution is 2.26. The monoisotopic (exact) mass is 292 g/mol. The molecule has 106 valence electrons. The molecule has 0 N–H and O–H groups in total. The Hall–Kier alpha value is -1.66. The third kappa shape index (κ3) is 2.62. The van der Waals surface area contributed by atoms with E-state index in [4.69, 9.17) is 9.15 Å². The van der Waals surface area contributed by atoms with Crippen molar-refractivity contribution in [3.05, 3.63) is 29.5 Å². The molecule has 1 saturated heterocycles. The fraction of sp³-hybridized carbons (Fsp3) is 0.429. The summed E-state index contributed by atoms with van der Waals surface area (Å²) in [4.78, 5) is 18.4. The number of furan rings is 1. The van der Waals surface area contributed by atoms with Crippen LogP contribution in [0.4, 0.5) is 0 Å². The van der Waals surface area contributed by atoms with Crippen molar-refractivity contribution in [3.63, 3.8) is 0 Å². The van der Waals surface area contributed by atoms with Crippen LogP contribution in [0.1, 0.15) is 18.5 Å². The van der Waals surface area contributed by atoms with Gasteiger partial charge in [0.1, 0.15) is 6.04 Å². The van der Waals surface area contributed by atoms with Crippen molar-refractivity contribution in [2.24, 2.45) is 0 Å². The van der Waals surface area contributed by atoms with E-state index in [1.54, 1.807) is 17.6 Å². The highest BCUT2D eigenvalue weighted by molar-refractivity contribution is 7.13. The van der Waals surface area contributed by atoms with Gasteiger partial charge >= 0.3 is 5.97 Å². The number of carbonyl (C=O) groups excluding carboxylic acids is 1. The molecular weight excluding hydrogens is 276 g/mol. The van der Waals surface area contributed by atoms with Gasteiger partial charge in [0.2, 0.25) is 0 Å². The van der Waals surface area contributed by atoms with Crippen LogP contribution in [0.2, 0.25) is 0 Å². The van der Waals surface area contributed by atoms with Crippen LogP contribution in [0.15, 0.2) is 28.2 Å². The van der Waals surface area contributed by atoms with E-state index in [9.17, 15) is 4.79 Å². The van der Waals surface area contributed by atoms with E-state index in [-0.39, 0.29) is 12.0 Å². The van der Waals surface area contributed by atoms with Crippen LogP contribution in [-0.4, -0.2) is 35.5 Å². The van der Waals surface area contributed by atoms with Gasteiger partial charge in [-0.3, -0.25) is 9.69 Å². The Morgan fingerprint density at radius 3 is 3.30 bits per heavy atom. The molecule has 5 nitrogen and oxygen atoms in total. The van der Waals surface area contributed by atoms with E-state index in [1.165, 1.54) is 7.11 Å². The molecule has 1 fully saturated rings. The number of rotatable bonds is 4. The second-order valence-corrected chi connectivity index (χ2v) is 5.63. The Balaban J connectivity index is 1.70. The molecule has 0 amide bonds. The predicted octanol–water partition coefficient (Wildman–Crippen LogP) is 2.54. The summed E-state index contributed by atoms with van der Waals surface area (Å²) in [5.74, 6) is 0.635. The molecule has 1 aliphatic rings. The Kier molecular flexibility index (Phi) is 3.84. The number of nitrogens with zero attached hydrogens (tertiary/aromatic N) is 2. The standard InChI is InChI=1S/C14H16N2O3S/c1-18-14(17)11-4-2-6-16(11)8-10-9-20-13(15-10)12-5-3-7-19-12/h3,5,7,9,11H,2,4,6,8H2,1H3. The van der Waals surface area contributed by atoms with Crippen molar-refractivity contribution < 1.29 is 13.9 Å². The summed E-state index contributed by atoms with van der Waals surface area (Å²) in [5, 5.41) is 2.89. The first-order valence-electron chi connectivity index (χ1n) is 6.58. The summed E-state index contributed by atoms with van der Waals surface area (Å²) in [6.07, 6.45) is 3.53. The average Bonchev–Trinajstić information content (AvgIpc) is 3.19. The summed E-state index contributed by atoms with van der Waals surface area (Å²) >= 11 is 1.56. The van der Waals surface area contributed by atoms with Crippen molar-refractivity contribution in [2.75, 3.05) is 13.7 Å². The quantitative estimate of drug-likeness (QED) is 0.811. The molecule has 1 unspecified atom stereocenters. The third-order valence-electron chi connectivity index (χ3n) is 3.49. The maximum absolute atomic E-state index is 11.7. The lowest BCUT2D eigenvalue weighted by Gasteiger charge is -2.20. The van der Waals surface area contributed by atoms with E-state index in [0.29, 0.717) is 6.54 Å². The lowest BCUT2D eigenvalue weighted by Crippen LogP contribution is -2.36. The molecule has 0 bridgehead atoms. The van der Waals surface area contributed by atoms with Crippen LogP contribution in [0, 0.1) is 0 Å². The van der Waals surface area contributed by atoms with E-state index < -0.39 is 0 Å². The van der Waals surface area contributed by atoms with Crippen molar-refractivity contribution in [2.45, 2.75) is 25.4 Å². The molecule has 3 rings (SSSR count). The molecular formula is C14H16N2O3S. The molecule has 3 heterocycles. The molecule has 0 saturated carbocycles. The molecule has 1 atom stereocenters. The Morgan fingerprint density at radius 2 is 2.55 bits per heavy atom. The van der Waals surface area contributed by atoms with Gasteiger partial charge in [-0.25, -0.2) is 4.98 Å². The van der Waals surface area contributed by atoms with Gasteiger partial charge in [-0.2, -0.15) is 0 Å². The number of thiazole rings is 1. The molecule has 1 aliphatic heterocycles. The zero-order chi connectivity index (χ0) is 13.9. The summed E-state index contributed by atoms with van der Waals surface area (Å²) < 4.78 is 10.2. The fourth-order valence-corrected chi connectivity index (χ4v) is 3.30. The summed E-state index contributed by atoms with van der Waals surface area (Å²) in [5.41, 5.74) is 0.970. The molecule has 2 aromatic heterocycles.